The van der Waals surface area contributed by atoms with Gasteiger partial charge in [0.1, 0.15) is 0 Å². The maximum absolute atomic E-state index is 6.72. The number of fused-ring (bicyclic) bond motifs is 10. The lowest BCUT2D eigenvalue weighted by Gasteiger charge is -2.32. The topological polar surface area (TPSA) is 36.9 Å². The molecular weight excluding hydrogens is 752 g/mol. The van der Waals surface area contributed by atoms with Crippen LogP contribution in [0.3, 0.4) is 0 Å². The van der Waals surface area contributed by atoms with Crippen molar-refractivity contribution in [2.45, 2.75) is 92.6 Å². The van der Waals surface area contributed by atoms with Crippen molar-refractivity contribution in [2.75, 3.05) is 19.8 Å². The molecule has 2 aliphatic carbocycles. The molecule has 6 heteroatoms. The van der Waals surface area contributed by atoms with Crippen LogP contribution in [0.4, 0.5) is 0 Å². The van der Waals surface area contributed by atoms with Gasteiger partial charge in [-0.3, -0.25) is 0 Å². The molecule has 0 saturated carbocycles. The SMILES string of the molecule is CCC(C)COc1cc2c(cc1OCC(C)CC)C1(c3cc(Br)ccc3-c3ccc(Br)cc31)c1cc(OC(C)CC)c(OCC(C)CC)cc1-2. The van der Waals surface area contributed by atoms with Crippen LogP contribution in [0.15, 0.2) is 69.6 Å². The molecule has 50 heavy (non-hydrogen) atoms. The van der Waals surface area contributed by atoms with Gasteiger partial charge in [-0.1, -0.05) is 112 Å². The van der Waals surface area contributed by atoms with Crippen molar-refractivity contribution >= 4 is 31.9 Å². The fraction of sp³-hybridized carbons (Fsp3) is 0.455. The number of halogens is 2. The van der Waals surface area contributed by atoms with Crippen molar-refractivity contribution in [3.05, 3.63) is 91.9 Å². The zero-order chi connectivity index (χ0) is 35.7. The van der Waals surface area contributed by atoms with E-state index in [1.54, 1.807) is 0 Å². The van der Waals surface area contributed by atoms with Crippen LogP contribution in [-0.4, -0.2) is 25.9 Å². The van der Waals surface area contributed by atoms with Gasteiger partial charge in [-0.05, 0) is 124 Å². The lowest BCUT2D eigenvalue weighted by molar-refractivity contribution is 0.192. The summed E-state index contributed by atoms with van der Waals surface area (Å²) in [5.74, 6) is 4.43. The highest BCUT2D eigenvalue weighted by molar-refractivity contribution is 9.10. The van der Waals surface area contributed by atoms with Crippen molar-refractivity contribution in [3.8, 4) is 45.3 Å². The molecule has 0 aromatic heterocycles. The zero-order valence-corrected chi connectivity index (χ0v) is 34.1. The maximum Gasteiger partial charge on any atom is 0.161 e. The third-order valence-electron chi connectivity index (χ3n) is 10.9. The van der Waals surface area contributed by atoms with E-state index < -0.39 is 5.41 Å². The molecule has 0 bridgehead atoms. The highest BCUT2D eigenvalue weighted by atomic mass is 79.9. The van der Waals surface area contributed by atoms with E-state index in [2.05, 4.69) is 148 Å². The first kappa shape index (κ1) is 36.8. The quantitative estimate of drug-likeness (QED) is 0.104. The van der Waals surface area contributed by atoms with Crippen LogP contribution in [0, 0.1) is 17.8 Å². The number of hydrogen-bond acceptors (Lipinski definition) is 4. The van der Waals surface area contributed by atoms with Gasteiger partial charge in [0.25, 0.3) is 0 Å². The molecule has 266 valence electrons. The summed E-state index contributed by atoms with van der Waals surface area (Å²) in [6.07, 6.45) is 4.07. The molecular formula is C44H52Br2O4. The van der Waals surface area contributed by atoms with E-state index in [-0.39, 0.29) is 6.10 Å². The van der Waals surface area contributed by atoms with Gasteiger partial charge in [-0.25, -0.2) is 0 Å². The normalized spacial score (nSPS) is 15.8. The highest BCUT2D eigenvalue weighted by Crippen LogP contribution is 2.65. The first-order chi connectivity index (χ1) is 24.0. The Morgan fingerprint density at radius 1 is 0.480 bits per heavy atom. The molecule has 4 atom stereocenters. The van der Waals surface area contributed by atoms with Crippen molar-refractivity contribution in [1.29, 1.82) is 0 Å². The Morgan fingerprint density at radius 3 is 1.28 bits per heavy atom. The molecule has 4 unspecified atom stereocenters. The van der Waals surface area contributed by atoms with Crippen LogP contribution < -0.4 is 18.9 Å². The number of ether oxygens (including phenoxy) is 4. The van der Waals surface area contributed by atoms with Crippen molar-refractivity contribution in [1.82, 2.24) is 0 Å². The van der Waals surface area contributed by atoms with Gasteiger partial charge in [0.2, 0.25) is 0 Å². The largest absolute Gasteiger partial charge is 0.489 e. The predicted octanol–water partition coefficient (Wildman–Crippen LogP) is 13.0. The van der Waals surface area contributed by atoms with Gasteiger partial charge < -0.3 is 18.9 Å². The lowest BCUT2D eigenvalue weighted by Crippen LogP contribution is -2.26. The second kappa shape index (κ2) is 15.3. The van der Waals surface area contributed by atoms with E-state index in [1.165, 1.54) is 33.4 Å². The fourth-order valence-corrected chi connectivity index (χ4v) is 7.68. The molecule has 4 aromatic carbocycles. The van der Waals surface area contributed by atoms with E-state index in [9.17, 15) is 0 Å². The molecule has 4 nitrogen and oxygen atoms in total. The Morgan fingerprint density at radius 2 is 0.860 bits per heavy atom. The zero-order valence-electron chi connectivity index (χ0n) is 30.9. The summed E-state index contributed by atoms with van der Waals surface area (Å²) in [4.78, 5) is 0. The number of hydrogen-bond donors (Lipinski definition) is 0. The Balaban J connectivity index is 1.69. The summed E-state index contributed by atoms with van der Waals surface area (Å²) in [5, 5.41) is 0. The Bertz CT molecular complexity index is 1800. The fourth-order valence-electron chi connectivity index (χ4n) is 6.96. The average Bonchev–Trinajstić information content (AvgIpc) is 3.55. The second-order valence-corrected chi connectivity index (χ2v) is 16.5. The summed E-state index contributed by atoms with van der Waals surface area (Å²) in [6.45, 7) is 19.5. The lowest BCUT2D eigenvalue weighted by atomic mass is 9.70. The van der Waals surface area contributed by atoms with Gasteiger partial charge in [-0.2, -0.15) is 0 Å². The standard InChI is InChI=1S/C44H52Br2O4/c1-9-26(5)23-47-40-19-34-35-20-41(48-24-27(6)10-2)43(50-29(8)12-4)22-39(35)44(38(34)21-42(40)49-25-28(7)11-3)36-17-30(45)13-15-32(36)33-16-14-31(46)18-37(33)44/h13-22,26-29H,9-12,23-25H2,1-8H3. The smallest absolute Gasteiger partial charge is 0.161 e. The molecule has 0 N–H and O–H groups in total. The van der Waals surface area contributed by atoms with Gasteiger partial charge >= 0.3 is 0 Å². The second-order valence-electron chi connectivity index (χ2n) is 14.6. The maximum atomic E-state index is 6.72. The Kier molecular flexibility index (Phi) is 11.3. The molecule has 0 radical (unpaired) electrons. The van der Waals surface area contributed by atoms with Crippen molar-refractivity contribution < 1.29 is 18.9 Å². The molecule has 1 spiro atoms. The Hall–Kier alpha value is -2.96. The van der Waals surface area contributed by atoms with Crippen molar-refractivity contribution in [3.63, 3.8) is 0 Å². The van der Waals surface area contributed by atoms with E-state index >= 15 is 0 Å². The first-order valence-corrected chi connectivity index (χ1v) is 20.2. The summed E-state index contributed by atoms with van der Waals surface area (Å²) in [5.41, 5.74) is 8.97. The molecule has 0 heterocycles. The van der Waals surface area contributed by atoms with Gasteiger partial charge in [-0.15, -0.1) is 0 Å². The Labute approximate surface area is 316 Å². The van der Waals surface area contributed by atoms with Crippen LogP contribution in [0.25, 0.3) is 22.3 Å². The molecule has 0 fully saturated rings. The highest BCUT2D eigenvalue weighted by Gasteiger charge is 2.53. The van der Waals surface area contributed by atoms with Crippen LogP contribution in [-0.2, 0) is 5.41 Å². The monoisotopic (exact) mass is 802 g/mol. The first-order valence-electron chi connectivity index (χ1n) is 18.6. The van der Waals surface area contributed by atoms with Crippen LogP contribution in [0.2, 0.25) is 0 Å². The molecule has 0 saturated heterocycles. The molecule has 0 amide bonds. The predicted molar refractivity (Wildman–Crippen MR) is 213 cm³/mol. The minimum Gasteiger partial charge on any atom is -0.489 e. The summed E-state index contributed by atoms with van der Waals surface area (Å²) in [6, 6.07) is 22.4. The van der Waals surface area contributed by atoms with E-state index in [0.29, 0.717) is 37.6 Å². The minimum atomic E-state index is -0.616. The van der Waals surface area contributed by atoms with E-state index in [4.69, 9.17) is 18.9 Å². The van der Waals surface area contributed by atoms with Crippen LogP contribution in [0.1, 0.15) is 103 Å². The summed E-state index contributed by atoms with van der Waals surface area (Å²) < 4.78 is 28.8. The molecule has 4 aromatic rings. The molecule has 2 aliphatic rings. The van der Waals surface area contributed by atoms with E-state index in [0.717, 1.165) is 68.8 Å². The van der Waals surface area contributed by atoms with Gasteiger partial charge in [0.05, 0.1) is 31.3 Å². The average molecular weight is 805 g/mol. The summed E-state index contributed by atoms with van der Waals surface area (Å²) >= 11 is 7.72. The van der Waals surface area contributed by atoms with Gasteiger partial charge in [0.15, 0.2) is 23.0 Å². The van der Waals surface area contributed by atoms with Crippen LogP contribution >= 0.6 is 31.9 Å². The van der Waals surface area contributed by atoms with Gasteiger partial charge in [0, 0.05) is 8.95 Å². The number of benzene rings is 4. The van der Waals surface area contributed by atoms with E-state index in [1.807, 2.05) is 0 Å². The number of rotatable bonds is 15. The van der Waals surface area contributed by atoms with Crippen LogP contribution in [0.5, 0.6) is 23.0 Å². The van der Waals surface area contributed by atoms with Crippen molar-refractivity contribution in [2.24, 2.45) is 17.8 Å². The summed E-state index contributed by atoms with van der Waals surface area (Å²) in [7, 11) is 0. The third kappa shape index (κ3) is 6.72. The minimum absolute atomic E-state index is 0.0336. The molecule has 6 rings (SSSR count). The third-order valence-corrected chi connectivity index (χ3v) is 11.9. The molecule has 0 aliphatic heterocycles.